The van der Waals surface area contributed by atoms with Crippen LogP contribution in [0, 0.1) is 23.2 Å². The third-order valence-electron chi connectivity index (χ3n) is 3.29. The number of rotatable bonds is 2. The van der Waals surface area contributed by atoms with Gasteiger partial charge in [0.2, 0.25) is 11.8 Å². The summed E-state index contributed by atoms with van der Waals surface area (Å²) in [5.41, 5.74) is -0.943. The molecule has 1 saturated heterocycles. The molecule has 0 spiro atoms. The molecule has 3 unspecified atom stereocenters. The first kappa shape index (κ1) is 9.20. The van der Waals surface area contributed by atoms with Crippen LogP contribution < -0.4 is 0 Å². The quantitative estimate of drug-likeness (QED) is 0.604. The van der Waals surface area contributed by atoms with Crippen molar-refractivity contribution in [2.75, 3.05) is 0 Å². The highest BCUT2D eigenvalue weighted by Crippen LogP contribution is 2.49. The highest BCUT2D eigenvalue weighted by atomic mass is 16.2. The number of nitriles is 1. The second-order valence-electron chi connectivity index (χ2n) is 4.20. The first-order valence-electron chi connectivity index (χ1n) is 4.84. The number of likely N-dealkylation sites (tertiary alicyclic amines) is 1. The number of fused-ring (bicyclic) bond motifs is 1. The first-order chi connectivity index (χ1) is 6.55. The fraction of sp³-hybridized carbons (Fsp3) is 0.700. The van der Waals surface area contributed by atoms with Crippen LogP contribution in [0.1, 0.15) is 26.7 Å². The van der Waals surface area contributed by atoms with Crippen molar-refractivity contribution >= 4 is 11.8 Å². The van der Waals surface area contributed by atoms with Gasteiger partial charge in [0.25, 0.3) is 0 Å². The van der Waals surface area contributed by atoms with Crippen LogP contribution in [0.15, 0.2) is 0 Å². The van der Waals surface area contributed by atoms with E-state index >= 15 is 0 Å². The molecule has 0 radical (unpaired) electrons. The molecule has 0 N–H and O–H groups in total. The van der Waals surface area contributed by atoms with Crippen LogP contribution >= 0.6 is 0 Å². The molecule has 74 valence electrons. The van der Waals surface area contributed by atoms with E-state index in [2.05, 4.69) is 6.07 Å². The van der Waals surface area contributed by atoms with Crippen molar-refractivity contribution < 1.29 is 9.59 Å². The molecule has 1 aliphatic carbocycles. The zero-order valence-electron chi connectivity index (χ0n) is 8.28. The highest BCUT2D eigenvalue weighted by Gasteiger charge is 2.62. The van der Waals surface area contributed by atoms with Gasteiger partial charge in [0.05, 0.1) is 17.9 Å². The minimum Gasteiger partial charge on any atom is -0.274 e. The van der Waals surface area contributed by atoms with E-state index < -0.39 is 5.54 Å². The molecule has 0 bridgehead atoms. The Kier molecular flexibility index (Phi) is 1.69. The van der Waals surface area contributed by atoms with Crippen LogP contribution in [-0.2, 0) is 9.59 Å². The van der Waals surface area contributed by atoms with E-state index in [0.29, 0.717) is 12.8 Å². The third kappa shape index (κ3) is 0.926. The zero-order valence-corrected chi connectivity index (χ0v) is 8.28. The number of nitrogens with zero attached hydrogens (tertiary/aromatic N) is 2. The third-order valence-corrected chi connectivity index (χ3v) is 3.29. The maximum absolute atomic E-state index is 11.7. The summed E-state index contributed by atoms with van der Waals surface area (Å²) in [4.78, 5) is 24.5. The molecular weight excluding hydrogens is 180 g/mol. The van der Waals surface area contributed by atoms with Crippen molar-refractivity contribution in [2.24, 2.45) is 11.8 Å². The molecule has 2 amide bonds. The lowest BCUT2D eigenvalue weighted by molar-refractivity contribution is -0.146. The number of imide groups is 1. The second-order valence-corrected chi connectivity index (χ2v) is 4.20. The lowest BCUT2D eigenvalue weighted by Crippen LogP contribution is -2.49. The van der Waals surface area contributed by atoms with Gasteiger partial charge in [-0.3, -0.25) is 14.5 Å². The standard InChI is InChI=1S/C10H12N2O2/c1-3-10(2,5-11)12-8(13)6-4-7(6)9(12)14/h6-7H,3-4H2,1-2H3. The summed E-state index contributed by atoms with van der Waals surface area (Å²) < 4.78 is 0. The van der Waals surface area contributed by atoms with Gasteiger partial charge in [-0.25, -0.2) is 0 Å². The Morgan fingerprint density at radius 1 is 1.50 bits per heavy atom. The van der Waals surface area contributed by atoms with Crippen molar-refractivity contribution in [1.82, 2.24) is 4.90 Å². The van der Waals surface area contributed by atoms with Crippen LogP contribution in [-0.4, -0.2) is 22.3 Å². The molecule has 1 aliphatic heterocycles. The zero-order chi connectivity index (χ0) is 10.5. The van der Waals surface area contributed by atoms with Crippen LogP contribution in [0.5, 0.6) is 0 Å². The van der Waals surface area contributed by atoms with Gasteiger partial charge < -0.3 is 0 Å². The Morgan fingerprint density at radius 3 is 2.36 bits per heavy atom. The Hall–Kier alpha value is -1.37. The van der Waals surface area contributed by atoms with Crippen LogP contribution in [0.4, 0.5) is 0 Å². The molecule has 1 saturated carbocycles. The summed E-state index contributed by atoms with van der Waals surface area (Å²) in [5.74, 6) is -0.514. The Bertz CT molecular complexity index is 338. The van der Waals surface area contributed by atoms with Crippen LogP contribution in [0.2, 0.25) is 0 Å². The van der Waals surface area contributed by atoms with Gasteiger partial charge in [0, 0.05) is 0 Å². The van der Waals surface area contributed by atoms with Crippen LogP contribution in [0.3, 0.4) is 0 Å². The van der Waals surface area contributed by atoms with E-state index in [4.69, 9.17) is 5.26 Å². The van der Waals surface area contributed by atoms with Gasteiger partial charge in [-0.05, 0) is 19.8 Å². The molecular formula is C10H12N2O2. The molecule has 4 heteroatoms. The average Bonchev–Trinajstić information content (AvgIpc) is 2.92. The van der Waals surface area contributed by atoms with Crippen molar-refractivity contribution in [1.29, 1.82) is 5.26 Å². The fourth-order valence-electron chi connectivity index (χ4n) is 1.95. The number of piperidine rings is 1. The monoisotopic (exact) mass is 192 g/mol. The molecule has 0 aromatic rings. The van der Waals surface area contributed by atoms with Crippen molar-refractivity contribution in [3.8, 4) is 6.07 Å². The summed E-state index contributed by atoms with van der Waals surface area (Å²) in [6.07, 6.45) is 1.18. The first-order valence-corrected chi connectivity index (χ1v) is 4.84. The molecule has 0 aromatic carbocycles. The minimum absolute atomic E-state index is 0.110. The maximum atomic E-state index is 11.7. The normalized spacial score (nSPS) is 33.6. The molecule has 2 fully saturated rings. The lowest BCUT2D eigenvalue weighted by Gasteiger charge is -2.31. The molecule has 0 aromatic heterocycles. The minimum atomic E-state index is -0.943. The van der Waals surface area contributed by atoms with Gasteiger partial charge in [-0.1, -0.05) is 6.92 Å². The van der Waals surface area contributed by atoms with Crippen molar-refractivity contribution in [2.45, 2.75) is 32.2 Å². The topological polar surface area (TPSA) is 61.2 Å². The maximum Gasteiger partial charge on any atom is 0.234 e. The molecule has 4 nitrogen and oxygen atoms in total. The van der Waals surface area contributed by atoms with E-state index in [1.807, 2.05) is 6.92 Å². The number of hydrogen-bond acceptors (Lipinski definition) is 3. The summed E-state index contributed by atoms with van der Waals surface area (Å²) in [5, 5.41) is 8.99. The highest BCUT2D eigenvalue weighted by molar-refractivity contribution is 6.09. The smallest absolute Gasteiger partial charge is 0.234 e. The Labute approximate surface area is 82.5 Å². The SMILES string of the molecule is CCC(C)(C#N)N1C(=O)C2CC2C1=O. The predicted molar refractivity (Wildman–Crippen MR) is 47.8 cm³/mol. The summed E-state index contributed by atoms with van der Waals surface area (Å²) >= 11 is 0. The van der Waals surface area contributed by atoms with Crippen molar-refractivity contribution in [3.05, 3.63) is 0 Å². The van der Waals surface area contributed by atoms with E-state index in [1.165, 1.54) is 4.90 Å². The summed E-state index contributed by atoms with van der Waals surface area (Å²) in [6, 6.07) is 2.06. The molecule has 2 rings (SSSR count). The number of carbonyl (C=O) groups excluding carboxylic acids is 2. The van der Waals surface area contributed by atoms with E-state index in [1.54, 1.807) is 6.92 Å². The second kappa shape index (κ2) is 2.57. The fourth-order valence-corrected chi connectivity index (χ4v) is 1.95. The Balaban J connectivity index is 2.32. The van der Waals surface area contributed by atoms with Gasteiger partial charge in [-0.2, -0.15) is 5.26 Å². The van der Waals surface area contributed by atoms with E-state index in [-0.39, 0.29) is 23.7 Å². The number of hydrogen-bond donors (Lipinski definition) is 0. The summed E-state index contributed by atoms with van der Waals surface area (Å²) in [6.45, 7) is 3.46. The molecule has 2 aliphatic rings. The molecule has 14 heavy (non-hydrogen) atoms. The average molecular weight is 192 g/mol. The largest absolute Gasteiger partial charge is 0.274 e. The van der Waals surface area contributed by atoms with Gasteiger partial charge in [0.15, 0.2) is 0 Å². The van der Waals surface area contributed by atoms with E-state index in [0.717, 1.165) is 0 Å². The van der Waals surface area contributed by atoms with Gasteiger partial charge in [-0.15, -0.1) is 0 Å². The summed E-state index contributed by atoms with van der Waals surface area (Å²) in [7, 11) is 0. The van der Waals surface area contributed by atoms with E-state index in [9.17, 15) is 9.59 Å². The predicted octanol–water partition coefficient (Wildman–Crippen LogP) is 0.684. The Morgan fingerprint density at radius 2 is 2.00 bits per heavy atom. The number of carbonyl (C=O) groups is 2. The van der Waals surface area contributed by atoms with Gasteiger partial charge >= 0.3 is 0 Å². The van der Waals surface area contributed by atoms with Gasteiger partial charge in [0.1, 0.15) is 5.54 Å². The molecule has 3 atom stereocenters. The lowest BCUT2D eigenvalue weighted by atomic mass is 9.98. The van der Waals surface area contributed by atoms with Crippen LogP contribution in [0.25, 0.3) is 0 Å². The number of amides is 2. The van der Waals surface area contributed by atoms with Crippen molar-refractivity contribution in [3.63, 3.8) is 0 Å². The molecule has 1 heterocycles.